The van der Waals surface area contributed by atoms with Crippen LogP contribution >= 0.6 is 15.9 Å². The van der Waals surface area contributed by atoms with Gasteiger partial charge in [-0.25, -0.2) is 33.4 Å². The number of para-hydroxylation sites is 1. The van der Waals surface area contributed by atoms with E-state index in [4.69, 9.17) is 4.74 Å². The summed E-state index contributed by atoms with van der Waals surface area (Å²) in [5, 5.41) is 18.0. The van der Waals surface area contributed by atoms with Crippen LogP contribution in [-0.2, 0) is 11.3 Å². The summed E-state index contributed by atoms with van der Waals surface area (Å²) in [6.07, 6.45) is 0. The zero-order valence-electron chi connectivity index (χ0n) is 21.9. The number of hydrogen-bond acceptors (Lipinski definition) is 7. The zero-order valence-corrected chi connectivity index (χ0v) is 23.5. The molecule has 12 heteroatoms. The van der Waals surface area contributed by atoms with Crippen molar-refractivity contribution in [1.29, 1.82) is 0 Å². The summed E-state index contributed by atoms with van der Waals surface area (Å²) in [6, 6.07) is 24.7. The van der Waals surface area contributed by atoms with E-state index in [0.29, 0.717) is 40.9 Å². The fourth-order valence-corrected chi connectivity index (χ4v) is 5.59. The number of fused-ring (bicyclic) bond motifs is 6. The number of aromatic amines is 2. The minimum absolute atomic E-state index is 0.169. The SMILES string of the molecule is O=C(OCCNCc1ccc(-c2cc3n[nH]c(=O)n3c3ccccc23)cc1)c1cc2n[nH]c(=O)n2c2cc(Br)ccc12. The summed E-state index contributed by atoms with van der Waals surface area (Å²) in [5.74, 6) is -0.491. The number of carbonyl (C=O) groups is 1. The molecular weight excluding hydrogens is 602 g/mol. The smallest absolute Gasteiger partial charge is 0.348 e. The lowest BCUT2D eigenvalue weighted by atomic mass is 10.00. The van der Waals surface area contributed by atoms with Crippen LogP contribution in [0.2, 0.25) is 0 Å². The van der Waals surface area contributed by atoms with Crippen LogP contribution in [0.3, 0.4) is 0 Å². The van der Waals surface area contributed by atoms with E-state index in [1.54, 1.807) is 22.6 Å². The summed E-state index contributed by atoms with van der Waals surface area (Å²) in [4.78, 5) is 37.4. The molecule has 0 amide bonds. The number of aromatic nitrogens is 6. The molecule has 0 bridgehead atoms. The van der Waals surface area contributed by atoms with Crippen molar-refractivity contribution in [2.24, 2.45) is 0 Å². The van der Waals surface area contributed by atoms with Crippen molar-refractivity contribution in [3.05, 3.63) is 115 Å². The molecule has 3 aromatic carbocycles. The average molecular weight is 624 g/mol. The van der Waals surface area contributed by atoms with Crippen molar-refractivity contribution in [2.75, 3.05) is 13.2 Å². The molecule has 7 aromatic rings. The van der Waals surface area contributed by atoms with E-state index in [-0.39, 0.29) is 18.0 Å². The molecule has 208 valence electrons. The van der Waals surface area contributed by atoms with Crippen molar-refractivity contribution in [3.8, 4) is 11.1 Å². The predicted octanol–water partition coefficient (Wildman–Crippen LogP) is 4.04. The van der Waals surface area contributed by atoms with Gasteiger partial charge in [-0.1, -0.05) is 64.5 Å². The molecule has 42 heavy (non-hydrogen) atoms. The van der Waals surface area contributed by atoms with Gasteiger partial charge in [0.1, 0.15) is 6.61 Å². The van der Waals surface area contributed by atoms with Crippen LogP contribution in [0.5, 0.6) is 0 Å². The fraction of sp³-hybridized carbons (Fsp3) is 0.100. The Morgan fingerprint density at radius 3 is 2.33 bits per heavy atom. The molecule has 0 spiro atoms. The Morgan fingerprint density at radius 1 is 0.833 bits per heavy atom. The number of pyridine rings is 2. The Balaban J connectivity index is 1.01. The summed E-state index contributed by atoms with van der Waals surface area (Å²) in [7, 11) is 0. The molecule has 0 fully saturated rings. The Labute approximate surface area is 244 Å². The lowest BCUT2D eigenvalue weighted by Gasteiger charge is -2.11. The van der Waals surface area contributed by atoms with E-state index in [1.807, 2.05) is 60.7 Å². The molecule has 11 nitrogen and oxygen atoms in total. The maximum atomic E-state index is 13.0. The fourth-order valence-electron chi connectivity index (χ4n) is 5.24. The van der Waals surface area contributed by atoms with Crippen molar-refractivity contribution in [1.82, 2.24) is 34.5 Å². The summed E-state index contributed by atoms with van der Waals surface area (Å²) in [5.41, 5.74) is 5.01. The van der Waals surface area contributed by atoms with E-state index in [0.717, 1.165) is 32.1 Å². The minimum Gasteiger partial charge on any atom is -0.461 e. The van der Waals surface area contributed by atoms with Crippen molar-refractivity contribution < 1.29 is 9.53 Å². The van der Waals surface area contributed by atoms with Crippen molar-refractivity contribution >= 4 is 55.0 Å². The van der Waals surface area contributed by atoms with Gasteiger partial charge < -0.3 is 10.1 Å². The molecule has 0 aliphatic carbocycles. The zero-order chi connectivity index (χ0) is 28.8. The average Bonchev–Trinajstić information content (AvgIpc) is 3.58. The van der Waals surface area contributed by atoms with Crippen LogP contribution in [0.15, 0.2) is 92.9 Å². The molecule has 7 rings (SSSR count). The Morgan fingerprint density at radius 2 is 1.55 bits per heavy atom. The lowest BCUT2D eigenvalue weighted by Crippen LogP contribution is -2.21. The molecule has 4 aromatic heterocycles. The van der Waals surface area contributed by atoms with Gasteiger partial charge in [-0.15, -0.1) is 0 Å². The molecule has 0 atom stereocenters. The van der Waals surface area contributed by atoms with Gasteiger partial charge >= 0.3 is 17.3 Å². The standard InChI is InChI=1S/C30H22BrN7O4/c31-19-9-10-21-23(15-27-34-36-30(41)38(27)25(21)13-19)28(39)42-12-11-32-16-17-5-7-18(8-6-17)22-14-26-33-35-29(40)37(26)24-4-2-1-3-20(22)24/h1-10,13-15,32H,11-12,16H2,(H,35,40)(H,36,41). The van der Waals surface area contributed by atoms with Crippen LogP contribution < -0.4 is 16.7 Å². The Hall–Kier alpha value is -5.07. The molecular formula is C30H22BrN7O4. The van der Waals surface area contributed by atoms with E-state index in [9.17, 15) is 14.4 Å². The van der Waals surface area contributed by atoms with Crippen LogP contribution in [0.1, 0.15) is 15.9 Å². The highest BCUT2D eigenvalue weighted by Gasteiger charge is 2.17. The molecule has 0 aliphatic rings. The summed E-state index contributed by atoms with van der Waals surface area (Å²) < 4.78 is 9.31. The van der Waals surface area contributed by atoms with Gasteiger partial charge in [-0.2, -0.15) is 10.2 Å². The number of benzene rings is 3. The molecule has 0 saturated carbocycles. The molecule has 0 unspecified atom stereocenters. The maximum Gasteiger partial charge on any atom is 0.348 e. The monoisotopic (exact) mass is 623 g/mol. The number of rotatable bonds is 7. The first-order chi connectivity index (χ1) is 20.5. The number of nitrogens with one attached hydrogen (secondary N) is 3. The van der Waals surface area contributed by atoms with Crippen LogP contribution in [0, 0.1) is 0 Å². The molecule has 0 saturated heterocycles. The predicted molar refractivity (Wildman–Crippen MR) is 162 cm³/mol. The molecule has 0 aliphatic heterocycles. The lowest BCUT2D eigenvalue weighted by molar-refractivity contribution is 0.0510. The third-order valence-electron chi connectivity index (χ3n) is 7.20. The van der Waals surface area contributed by atoms with Gasteiger partial charge in [0.2, 0.25) is 0 Å². The highest BCUT2D eigenvalue weighted by Crippen LogP contribution is 2.30. The highest BCUT2D eigenvalue weighted by atomic mass is 79.9. The van der Waals surface area contributed by atoms with Gasteiger partial charge in [-0.3, -0.25) is 0 Å². The van der Waals surface area contributed by atoms with Crippen molar-refractivity contribution in [3.63, 3.8) is 0 Å². The number of nitrogens with zero attached hydrogens (tertiary/aromatic N) is 4. The number of halogens is 1. The van der Waals surface area contributed by atoms with E-state index >= 15 is 0 Å². The largest absolute Gasteiger partial charge is 0.461 e. The second-order valence-electron chi connectivity index (χ2n) is 9.75. The first-order valence-electron chi connectivity index (χ1n) is 13.1. The van der Waals surface area contributed by atoms with E-state index in [1.165, 1.54) is 4.40 Å². The Kier molecular flexibility index (Phi) is 6.40. The summed E-state index contributed by atoms with van der Waals surface area (Å²) in [6.45, 7) is 1.21. The van der Waals surface area contributed by atoms with E-state index in [2.05, 4.69) is 41.6 Å². The normalized spacial score (nSPS) is 11.6. The van der Waals surface area contributed by atoms with Gasteiger partial charge in [0, 0.05) is 28.3 Å². The minimum atomic E-state index is -0.491. The number of esters is 1. The van der Waals surface area contributed by atoms with Gasteiger partial charge in [0.15, 0.2) is 11.3 Å². The third kappa shape index (κ3) is 4.46. The number of ether oxygens (including phenoxy) is 1. The van der Waals surface area contributed by atoms with Gasteiger partial charge in [-0.05, 0) is 47.0 Å². The number of H-pyrrole nitrogens is 2. The first kappa shape index (κ1) is 25.9. The first-order valence-corrected chi connectivity index (χ1v) is 13.9. The molecule has 4 heterocycles. The Bertz CT molecular complexity index is 2260. The topological polar surface area (TPSA) is 139 Å². The van der Waals surface area contributed by atoms with Crippen LogP contribution in [-0.4, -0.2) is 48.3 Å². The van der Waals surface area contributed by atoms with Crippen LogP contribution in [0.25, 0.3) is 44.2 Å². The summed E-state index contributed by atoms with van der Waals surface area (Å²) >= 11 is 3.42. The number of hydrogen-bond donors (Lipinski definition) is 3. The maximum absolute atomic E-state index is 13.0. The third-order valence-corrected chi connectivity index (χ3v) is 7.69. The quantitative estimate of drug-likeness (QED) is 0.180. The highest BCUT2D eigenvalue weighted by molar-refractivity contribution is 9.10. The second-order valence-corrected chi connectivity index (χ2v) is 10.7. The van der Waals surface area contributed by atoms with Gasteiger partial charge in [0.25, 0.3) is 0 Å². The van der Waals surface area contributed by atoms with Crippen LogP contribution in [0.4, 0.5) is 0 Å². The number of carbonyl (C=O) groups excluding carboxylic acids is 1. The second kappa shape index (κ2) is 10.4. The van der Waals surface area contributed by atoms with E-state index < -0.39 is 5.97 Å². The molecule has 0 radical (unpaired) electrons. The van der Waals surface area contributed by atoms with Gasteiger partial charge in [0.05, 0.1) is 16.6 Å². The molecule has 3 N–H and O–H groups in total. The van der Waals surface area contributed by atoms with Crippen molar-refractivity contribution in [2.45, 2.75) is 6.54 Å².